The minimum absolute atomic E-state index is 0.0830. The molecule has 1 aromatic carbocycles. The van der Waals surface area contributed by atoms with Gasteiger partial charge in [0.15, 0.2) is 4.34 Å². The molecule has 0 bridgehead atoms. The molecule has 0 radical (unpaired) electrons. The number of aryl methyl sites for hydroxylation is 1. The zero-order valence-corrected chi connectivity index (χ0v) is 16.4. The molecule has 0 fully saturated rings. The van der Waals surface area contributed by atoms with Crippen LogP contribution in [0, 0.1) is 6.92 Å². The third-order valence-corrected chi connectivity index (χ3v) is 6.11. The molecule has 5 nitrogen and oxygen atoms in total. The van der Waals surface area contributed by atoms with E-state index in [0.717, 1.165) is 20.7 Å². The number of amides is 1. The van der Waals surface area contributed by atoms with E-state index < -0.39 is 0 Å². The van der Waals surface area contributed by atoms with E-state index in [9.17, 15) is 4.79 Å². The Morgan fingerprint density at radius 3 is 2.96 bits per heavy atom. The molecule has 0 aliphatic heterocycles. The van der Waals surface area contributed by atoms with Gasteiger partial charge in [-0.1, -0.05) is 35.2 Å². The summed E-state index contributed by atoms with van der Waals surface area (Å²) in [5.74, 6) is 0.444. The molecule has 0 saturated carbocycles. The number of nitrogens with zero attached hydrogens (tertiary/aromatic N) is 3. The van der Waals surface area contributed by atoms with Gasteiger partial charge in [-0.3, -0.25) is 4.79 Å². The van der Waals surface area contributed by atoms with Crippen LogP contribution in [0.25, 0.3) is 0 Å². The zero-order chi connectivity index (χ0) is 17.6. The maximum Gasteiger partial charge on any atom is 0.233 e. The molecular weight excluding hydrogens is 372 g/mol. The fraction of sp³-hybridized carbons (Fsp3) is 0.235. The minimum Gasteiger partial charge on any atom is -0.341 e. The number of nitrogens with one attached hydrogen (secondary N) is 1. The van der Waals surface area contributed by atoms with Gasteiger partial charge in [-0.15, -0.1) is 10.2 Å². The second-order valence-electron chi connectivity index (χ2n) is 5.54. The average molecular weight is 391 g/mol. The molecule has 3 rings (SSSR count). The van der Waals surface area contributed by atoms with Crippen LogP contribution in [0.4, 0.5) is 10.8 Å². The lowest BCUT2D eigenvalue weighted by atomic mass is 10.2. The van der Waals surface area contributed by atoms with E-state index in [-0.39, 0.29) is 5.91 Å². The van der Waals surface area contributed by atoms with Crippen molar-refractivity contribution in [1.82, 2.24) is 15.1 Å². The Balaban J connectivity index is 1.50. The summed E-state index contributed by atoms with van der Waals surface area (Å²) < 4.78 is 0.785. The quantitative estimate of drug-likeness (QED) is 0.606. The number of aromatic nitrogens is 2. The summed E-state index contributed by atoms with van der Waals surface area (Å²) in [5, 5.41) is 16.3. The van der Waals surface area contributed by atoms with Gasteiger partial charge in [0.05, 0.1) is 5.75 Å². The Morgan fingerprint density at radius 2 is 2.20 bits per heavy atom. The standard InChI is InChI=1S/C17H18N4OS3/c1-12-4-3-5-14(8-12)18-16-19-20-17(25-16)24-11-15(22)21(2)9-13-6-7-23-10-13/h3-8,10H,9,11H2,1-2H3,(H,18,19). The number of hydrogen-bond donors (Lipinski definition) is 1. The second kappa shape index (κ2) is 8.46. The normalized spacial score (nSPS) is 10.6. The number of carbonyl (C=O) groups excluding carboxylic acids is 1. The van der Waals surface area contributed by atoms with E-state index in [4.69, 9.17) is 0 Å². The summed E-state index contributed by atoms with van der Waals surface area (Å²) in [6.45, 7) is 2.68. The van der Waals surface area contributed by atoms with Crippen molar-refractivity contribution in [3.63, 3.8) is 0 Å². The highest BCUT2D eigenvalue weighted by atomic mass is 32.2. The number of rotatable bonds is 7. The van der Waals surface area contributed by atoms with E-state index in [2.05, 4.69) is 27.0 Å². The lowest BCUT2D eigenvalue weighted by Gasteiger charge is -2.15. The predicted octanol–water partition coefficient (Wildman–Crippen LogP) is 4.40. The van der Waals surface area contributed by atoms with Gasteiger partial charge in [0.1, 0.15) is 0 Å². The van der Waals surface area contributed by atoms with Crippen LogP contribution in [-0.4, -0.2) is 33.8 Å². The highest BCUT2D eigenvalue weighted by Gasteiger charge is 2.12. The Kier molecular flexibility index (Phi) is 6.06. The Labute approximate surface area is 159 Å². The van der Waals surface area contributed by atoms with E-state index in [1.165, 1.54) is 28.7 Å². The van der Waals surface area contributed by atoms with E-state index in [1.54, 1.807) is 16.2 Å². The lowest BCUT2D eigenvalue weighted by molar-refractivity contribution is -0.127. The third kappa shape index (κ3) is 5.29. The first-order valence-electron chi connectivity index (χ1n) is 7.65. The molecule has 0 aliphatic rings. The van der Waals surface area contributed by atoms with Crippen LogP contribution < -0.4 is 5.32 Å². The van der Waals surface area contributed by atoms with E-state index >= 15 is 0 Å². The molecule has 0 unspecified atom stereocenters. The van der Waals surface area contributed by atoms with Crippen molar-refractivity contribution >= 4 is 51.2 Å². The highest BCUT2D eigenvalue weighted by molar-refractivity contribution is 8.01. The van der Waals surface area contributed by atoms with Crippen molar-refractivity contribution < 1.29 is 4.79 Å². The molecule has 3 aromatic rings. The van der Waals surface area contributed by atoms with Crippen LogP contribution in [0.5, 0.6) is 0 Å². The summed E-state index contributed by atoms with van der Waals surface area (Å²) in [5.41, 5.74) is 3.33. The van der Waals surface area contributed by atoms with Gasteiger partial charge in [-0.25, -0.2) is 0 Å². The first kappa shape index (κ1) is 17.9. The Hall–Kier alpha value is -1.90. The molecule has 0 atom stereocenters. The van der Waals surface area contributed by atoms with Crippen LogP contribution in [0.15, 0.2) is 45.4 Å². The molecule has 0 spiro atoms. The van der Waals surface area contributed by atoms with Crippen LogP contribution in [0.3, 0.4) is 0 Å². The van der Waals surface area contributed by atoms with Crippen molar-refractivity contribution in [2.75, 3.05) is 18.1 Å². The number of anilines is 2. The number of hydrogen-bond acceptors (Lipinski definition) is 7. The zero-order valence-electron chi connectivity index (χ0n) is 13.9. The Morgan fingerprint density at radius 1 is 1.32 bits per heavy atom. The monoisotopic (exact) mass is 390 g/mol. The molecule has 8 heteroatoms. The van der Waals surface area contributed by atoms with Crippen LogP contribution >= 0.6 is 34.4 Å². The largest absolute Gasteiger partial charge is 0.341 e. The van der Waals surface area contributed by atoms with Crippen molar-refractivity contribution in [2.24, 2.45) is 0 Å². The minimum atomic E-state index is 0.0830. The van der Waals surface area contributed by atoms with Gasteiger partial charge < -0.3 is 10.2 Å². The number of thioether (sulfide) groups is 1. The summed E-state index contributed by atoms with van der Waals surface area (Å²) in [6, 6.07) is 10.1. The first-order chi connectivity index (χ1) is 12.1. The molecule has 2 heterocycles. The SMILES string of the molecule is Cc1cccc(Nc2nnc(SCC(=O)N(C)Cc3ccsc3)s2)c1. The number of carbonyl (C=O) groups is 1. The van der Waals surface area contributed by atoms with Crippen molar-refractivity contribution in [2.45, 2.75) is 17.8 Å². The van der Waals surface area contributed by atoms with Crippen LogP contribution in [-0.2, 0) is 11.3 Å². The third-order valence-electron chi connectivity index (χ3n) is 3.42. The maximum absolute atomic E-state index is 12.2. The van der Waals surface area contributed by atoms with Gasteiger partial charge in [-0.2, -0.15) is 11.3 Å². The molecule has 0 aliphatic carbocycles. The summed E-state index contributed by atoms with van der Waals surface area (Å²) in [7, 11) is 1.82. The van der Waals surface area contributed by atoms with Gasteiger partial charge in [0.2, 0.25) is 11.0 Å². The summed E-state index contributed by atoms with van der Waals surface area (Å²) in [4.78, 5) is 14.0. The average Bonchev–Trinajstić information content (AvgIpc) is 3.24. The predicted molar refractivity (Wildman–Crippen MR) is 106 cm³/mol. The van der Waals surface area contributed by atoms with Gasteiger partial charge in [0, 0.05) is 19.3 Å². The molecular formula is C17H18N4OS3. The molecule has 0 saturated heterocycles. The molecule has 2 aromatic heterocycles. The topological polar surface area (TPSA) is 58.1 Å². The smallest absolute Gasteiger partial charge is 0.233 e. The molecule has 1 amide bonds. The van der Waals surface area contributed by atoms with Gasteiger partial charge in [0.25, 0.3) is 0 Å². The molecule has 1 N–H and O–H groups in total. The summed E-state index contributed by atoms with van der Waals surface area (Å²) in [6.07, 6.45) is 0. The lowest BCUT2D eigenvalue weighted by Crippen LogP contribution is -2.27. The fourth-order valence-electron chi connectivity index (χ4n) is 2.14. The van der Waals surface area contributed by atoms with Crippen molar-refractivity contribution in [1.29, 1.82) is 0 Å². The van der Waals surface area contributed by atoms with Crippen LogP contribution in [0.1, 0.15) is 11.1 Å². The van der Waals surface area contributed by atoms with Gasteiger partial charge in [-0.05, 0) is 47.0 Å². The van der Waals surface area contributed by atoms with E-state index in [1.807, 2.05) is 43.6 Å². The maximum atomic E-state index is 12.2. The summed E-state index contributed by atoms with van der Waals surface area (Å²) >= 11 is 4.51. The Bertz CT molecular complexity index is 832. The van der Waals surface area contributed by atoms with Crippen molar-refractivity contribution in [3.05, 3.63) is 52.2 Å². The van der Waals surface area contributed by atoms with E-state index in [0.29, 0.717) is 12.3 Å². The second-order valence-corrected chi connectivity index (χ2v) is 8.52. The van der Waals surface area contributed by atoms with Crippen molar-refractivity contribution in [3.8, 4) is 0 Å². The van der Waals surface area contributed by atoms with Crippen LogP contribution in [0.2, 0.25) is 0 Å². The highest BCUT2D eigenvalue weighted by Crippen LogP contribution is 2.28. The number of thiophene rings is 1. The molecule has 25 heavy (non-hydrogen) atoms. The van der Waals surface area contributed by atoms with Gasteiger partial charge >= 0.3 is 0 Å². The first-order valence-corrected chi connectivity index (χ1v) is 10.4. The number of benzene rings is 1. The molecule has 130 valence electrons. The fourth-order valence-corrected chi connectivity index (χ4v) is 4.52.